The SMILES string of the molecule is C[C@H](CC(=O)N1CCC(O)(Cn2cnn3c(-c4ccc5c(c4)CC(C)(O)C5)cnc3c2=O)CC1)c1ccccc1. The van der Waals surface area contributed by atoms with E-state index in [1.165, 1.54) is 15.4 Å². The van der Waals surface area contributed by atoms with Gasteiger partial charge in [0.25, 0.3) is 5.56 Å². The van der Waals surface area contributed by atoms with E-state index in [2.05, 4.69) is 17.0 Å². The van der Waals surface area contributed by atoms with Crippen LogP contribution in [-0.4, -0.2) is 64.5 Å². The molecule has 3 heterocycles. The molecule has 4 aromatic rings. The van der Waals surface area contributed by atoms with E-state index in [1.807, 2.05) is 60.4 Å². The molecule has 40 heavy (non-hydrogen) atoms. The predicted octanol–water partition coefficient (Wildman–Crippen LogP) is 2.95. The van der Waals surface area contributed by atoms with Crippen molar-refractivity contribution in [1.29, 1.82) is 0 Å². The number of likely N-dealkylation sites (tertiary alicyclic amines) is 1. The molecule has 9 nitrogen and oxygen atoms in total. The maximum atomic E-state index is 13.3. The van der Waals surface area contributed by atoms with Crippen molar-refractivity contribution in [2.45, 2.75) is 69.6 Å². The van der Waals surface area contributed by atoms with Crippen LogP contribution in [0.25, 0.3) is 16.9 Å². The van der Waals surface area contributed by atoms with Crippen LogP contribution in [0.5, 0.6) is 0 Å². The van der Waals surface area contributed by atoms with Crippen LogP contribution in [0.1, 0.15) is 55.7 Å². The lowest BCUT2D eigenvalue weighted by Gasteiger charge is -2.38. The Morgan fingerprint density at radius 1 is 1.05 bits per heavy atom. The first-order valence-electron chi connectivity index (χ1n) is 13.9. The molecule has 9 heteroatoms. The van der Waals surface area contributed by atoms with Crippen molar-refractivity contribution in [2.75, 3.05) is 13.1 Å². The second kappa shape index (κ2) is 9.98. The third kappa shape index (κ3) is 5.07. The minimum atomic E-state index is -1.11. The third-order valence-electron chi connectivity index (χ3n) is 8.50. The van der Waals surface area contributed by atoms with Gasteiger partial charge in [-0.1, -0.05) is 49.4 Å². The van der Waals surface area contributed by atoms with E-state index in [4.69, 9.17) is 0 Å². The van der Waals surface area contributed by atoms with Gasteiger partial charge in [0.2, 0.25) is 11.6 Å². The van der Waals surface area contributed by atoms with Gasteiger partial charge in [-0.25, -0.2) is 9.50 Å². The molecule has 0 radical (unpaired) electrons. The molecule has 0 saturated carbocycles. The molecule has 2 aromatic heterocycles. The Morgan fingerprint density at radius 3 is 2.52 bits per heavy atom. The number of rotatable bonds is 6. The molecular formula is C31H35N5O4. The number of hydrogen-bond acceptors (Lipinski definition) is 6. The highest BCUT2D eigenvalue weighted by atomic mass is 16.3. The molecule has 1 unspecified atom stereocenters. The molecule has 1 aliphatic heterocycles. The molecule has 0 bridgehead atoms. The number of nitrogens with zero attached hydrogens (tertiary/aromatic N) is 5. The summed E-state index contributed by atoms with van der Waals surface area (Å²) in [6.45, 7) is 4.88. The van der Waals surface area contributed by atoms with Crippen LogP contribution in [0.15, 0.2) is 65.8 Å². The number of aliphatic hydroxyl groups is 2. The largest absolute Gasteiger partial charge is 0.389 e. The molecular weight excluding hydrogens is 506 g/mol. The average Bonchev–Trinajstić information content (AvgIpc) is 3.50. The average molecular weight is 542 g/mol. The van der Waals surface area contributed by atoms with Gasteiger partial charge in [-0.05, 0) is 48.4 Å². The fourth-order valence-electron chi connectivity index (χ4n) is 6.16. The van der Waals surface area contributed by atoms with E-state index >= 15 is 0 Å². The Kier molecular flexibility index (Phi) is 6.59. The molecule has 6 rings (SSSR count). The second-order valence-electron chi connectivity index (χ2n) is 11.9. The van der Waals surface area contributed by atoms with Gasteiger partial charge in [-0.2, -0.15) is 5.10 Å². The highest BCUT2D eigenvalue weighted by Crippen LogP contribution is 2.33. The first-order chi connectivity index (χ1) is 19.1. The van der Waals surface area contributed by atoms with E-state index in [0.717, 1.165) is 22.3 Å². The van der Waals surface area contributed by atoms with Crippen molar-refractivity contribution in [1.82, 2.24) is 24.1 Å². The Labute approximate surface area is 232 Å². The monoisotopic (exact) mass is 541 g/mol. The fourth-order valence-corrected chi connectivity index (χ4v) is 6.16. The Morgan fingerprint density at radius 2 is 1.77 bits per heavy atom. The van der Waals surface area contributed by atoms with Gasteiger partial charge in [0, 0.05) is 37.9 Å². The third-order valence-corrected chi connectivity index (χ3v) is 8.50. The summed E-state index contributed by atoms with van der Waals surface area (Å²) in [6.07, 6.45) is 5.49. The van der Waals surface area contributed by atoms with Crippen molar-refractivity contribution in [3.05, 3.63) is 88.1 Å². The Bertz CT molecular complexity index is 1620. The van der Waals surface area contributed by atoms with Crippen LogP contribution in [0.4, 0.5) is 0 Å². The van der Waals surface area contributed by atoms with Gasteiger partial charge in [-0.15, -0.1) is 0 Å². The highest BCUT2D eigenvalue weighted by molar-refractivity contribution is 5.77. The number of imidazole rings is 1. The molecule has 208 valence electrons. The number of benzene rings is 2. The Balaban J connectivity index is 1.13. The van der Waals surface area contributed by atoms with Crippen molar-refractivity contribution in [3.63, 3.8) is 0 Å². The maximum Gasteiger partial charge on any atom is 0.296 e. The summed E-state index contributed by atoms with van der Waals surface area (Å²) >= 11 is 0. The van der Waals surface area contributed by atoms with E-state index in [1.54, 1.807) is 6.20 Å². The summed E-state index contributed by atoms with van der Waals surface area (Å²) < 4.78 is 2.95. The zero-order chi connectivity index (χ0) is 28.1. The summed E-state index contributed by atoms with van der Waals surface area (Å²) in [5, 5.41) is 26.3. The van der Waals surface area contributed by atoms with Gasteiger partial charge >= 0.3 is 0 Å². The van der Waals surface area contributed by atoms with E-state index in [0.29, 0.717) is 50.9 Å². The lowest BCUT2D eigenvalue weighted by atomic mass is 9.90. The predicted molar refractivity (Wildman–Crippen MR) is 151 cm³/mol. The van der Waals surface area contributed by atoms with E-state index in [9.17, 15) is 19.8 Å². The van der Waals surface area contributed by atoms with Crippen LogP contribution in [0.3, 0.4) is 0 Å². The molecule has 1 amide bonds. The summed E-state index contributed by atoms with van der Waals surface area (Å²) in [7, 11) is 0. The van der Waals surface area contributed by atoms with Crippen LogP contribution in [-0.2, 0) is 24.2 Å². The molecule has 2 atom stereocenters. The number of fused-ring (bicyclic) bond motifs is 2. The van der Waals surface area contributed by atoms with Gasteiger partial charge in [0.1, 0.15) is 6.33 Å². The number of carbonyl (C=O) groups is 1. The van der Waals surface area contributed by atoms with Gasteiger partial charge in [0.15, 0.2) is 0 Å². The van der Waals surface area contributed by atoms with E-state index in [-0.39, 0.29) is 29.6 Å². The van der Waals surface area contributed by atoms with Crippen LogP contribution in [0, 0.1) is 0 Å². The zero-order valence-corrected chi connectivity index (χ0v) is 23.0. The second-order valence-corrected chi connectivity index (χ2v) is 11.9. The van der Waals surface area contributed by atoms with Crippen molar-refractivity contribution < 1.29 is 15.0 Å². The van der Waals surface area contributed by atoms with E-state index < -0.39 is 11.2 Å². The summed E-state index contributed by atoms with van der Waals surface area (Å²) in [5.74, 6) is 0.204. The Hall–Kier alpha value is -3.82. The summed E-state index contributed by atoms with van der Waals surface area (Å²) in [4.78, 5) is 32.4. The first kappa shape index (κ1) is 26.4. The van der Waals surface area contributed by atoms with Gasteiger partial charge in [0.05, 0.1) is 29.6 Å². The van der Waals surface area contributed by atoms with Crippen LogP contribution in [0.2, 0.25) is 0 Å². The van der Waals surface area contributed by atoms with Crippen molar-refractivity contribution >= 4 is 11.6 Å². The topological polar surface area (TPSA) is 113 Å². The molecule has 0 spiro atoms. The number of carbonyl (C=O) groups excluding carboxylic acids is 1. The summed E-state index contributed by atoms with van der Waals surface area (Å²) in [5.41, 5.74) is 2.95. The number of aromatic nitrogens is 4. The first-order valence-corrected chi connectivity index (χ1v) is 13.9. The van der Waals surface area contributed by atoms with Crippen molar-refractivity contribution in [3.8, 4) is 11.3 Å². The highest BCUT2D eigenvalue weighted by Gasteiger charge is 2.35. The number of piperidine rings is 1. The molecule has 1 aliphatic carbocycles. The van der Waals surface area contributed by atoms with Crippen LogP contribution >= 0.6 is 0 Å². The lowest BCUT2D eigenvalue weighted by molar-refractivity contribution is -0.136. The number of amides is 1. The van der Waals surface area contributed by atoms with Crippen molar-refractivity contribution in [2.24, 2.45) is 0 Å². The minimum absolute atomic E-state index is 0.0822. The summed E-state index contributed by atoms with van der Waals surface area (Å²) in [6, 6.07) is 16.0. The zero-order valence-electron chi connectivity index (χ0n) is 23.0. The van der Waals surface area contributed by atoms with Gasteiger partial charge in [-0.3, -0.25) is 14.2 Å². The molecule has 2 aromatic carbocycles. The molecule has 2 aliphatic rings. The van der Waals surface area contributed by atoms with Gasteiger partial charge < -0.3 is 15.1 Å². The van der Waals surface area contributed by atoms with Crippen LogP contribution < -0.4 is 5.56 Å². The maximum absolute atomic E-state index is 13.3. The molecule has 2 N–H and O–H groups in total. The lowest BCUT2D eigenvalue weighted by Crippen LogP contribution is -2.50. The molecule has 1 fully saturated rings. The smallest absolute Gasteiger partial charge is 0.296 e. The standard InChI is InChI=1S/C31H35N5O4/c1-21(22-6-4-3-5-7-22)14-27(37)34-12-10-31(40,11-13-34)19-35-20-33-36-26(18-32-28(36)29(35)38)23-8-9-24-16-30(2,39)17-25(24)15-23/h3-9,15,18,20-21,39-40H,10-14,16-17,19H2,1-2H3/t21-,30?/m1/s1. The normalized spacial score (nSPS) is 20.9. The molecule has 1 saturated heterocycles. The minimum Gasteiger partial charge on any atom is -0.389 e. The quantitative estimate of drug-likeness (QED) is 0.388. The number of hydrogen-bond donors (Lipinski definition) is 2. The fraction of sp³-hybridized carbons (Fsp3) is 0.419.